The van der Waals surface area contributed by atoms with E-state index < -0.39 is 24.0 Å². The van der Waals surface area contributed by atoms with Crippen molar-refractivity contribution in [3.63, 3.8) is 0 Å². The Balaban J connectivity index is 2.19. The van der Waals surface area contributed by atoms with E-state index in [0.717, 1.165) is 0 Å². The quantitative estimate of drug-likeness (QED) is 0.717. The highest BCUT2D eigenvalue weighted by Crippen LogP contribution is 2.20. The zero-order valence-electron chi connectivity index (χ0n) is 15.0. The van der Waals surface area contributed by atoms with Gasteiger partial charge in [0.2, 0.25) is 0 Å². The molecule has 2 amide bonds. The second-order valence-electron chi connectivity index (χ2n) is 5.44. The second kappa shape index (κ2) is 8.89. The fourth-order valence-electron chi connectivity index (χ4n) is 2.53. The molecule has 26 heavy (non-hydrogen) atoms. The zero-order valence-corrected chi connectivity index (χ0v) is 15.0. The molecule has 1 atom stereocenters. The van der Waals surface area contributed by atoms with Crippen LogP contribution in [0.4, 0.5) is 4.79 Å². The smallest absolute Gasteiger partial charge is 0.342 e. The largest absolute Gasteiger partial charge is 0.493 e. The number of urea groups is 1. The van der Waals surface area contributed by atoms with Crippen LogP contribution in [-0.2, 0) is 14.3 Å². The number of carbonyl (C=O) groups is 3. The van der Waals surface area contributed by atoms with Gasteiger partial charge in [-0.1, -0.05) is 12.1 Å². The van der Waals surface area contributed by atoms with Crippen LogP contribution in [0.15, 0.2) is 35.5 Å². The van der Waals surface area contributed by atoms with E-state index in [1.54, 1.807) is 38.1 Å². The molecule has 0 aliphatic carbocycles. The van der Waals surface area contributed by atoms with Gasteiger partial charge in [0, 0.05) is 0 Å². The number of amides is 2. The first kappa shape index (κ1) is 19.3. The van der Waals surface area contributed by atoms with E-state index in [9.17, 15) is 14.4 Å². The van der Waals surface area contributed by atoms with Gasteiger partial charge in [-0.2, -0.15) is 0 Å². The van der Waals surface area contributed by atoms with Crippen LogP contribution in [0.2, 0.25) is 0 Å². The maximum absolute atomic E-state index is 12.4. The first-order chi connectivity index (χ1) is 12.5. The summed E-state index contributed by atoms with van der Waals surface area (Å²) in [6.45, 7) is 5.47. The normalized spacial score (nSPS) is 16.4. The summed E-state index contributed by atoms with van der Waals surface area (Å²) in [5.41, 5.74) is 0.681. The lowest BCUT2D eigenvalue weighted by Crippen LogP contribution is -2.50. The van der Waals surface area contributed by atoms with Crippen molar-refractivity contribution in [1.82, 2.24) is 10.6 Å². The Morgan fingerprint density at radius 3 is 2.50 bits per heavy atom. The Bertz CT molecular complexity index is 728. The van der Waals surface area contributed by atoms with Gasteiger partial charge in [-0.25, -0.2) is 14.4 Å². The molecule has 1 aromatic carbocycles. The molecule has 0 saturated carbocycles. The minimum absolute atomic E-state index is 0.192. The summed E-state index contributed by atoms with van der Waals surface area (Å²) in [6, 6.07) is 5.64. The van der Waals surface area contributed by atoms with Crippen LogP contribution in [0.3, 0.4) is 0 Å². The van der Waals surface area contributed by atoms with Crippen molar-refractivity contribution in [2.24, 2.45) is 0 Å². The van der Waals surface area contributed by atoms with E-state index in [-0.39, 0.29) is 30.0 Å². The lowest BCUT2D eigenvalue weighted by molar-refractivity contribution is -0.139. The highest BCUT2D eigenvalue weighted by molar-refractivity contribution is 5.95. The summed E-state index contributed by atoms with van der Waals surface area (Å²) >= 11 is 0. The summed E-state index contributed by atoms with van der Waals surface area (Å²) in [6.07, 6.45) is 0. The summed E-state index contributed by atoms with van der Waals surface area (Å²) < 4.78 is 15.7. The number of ether oxygens (including phenoxy) is 3. The Morgan fingerprint density at radius 2 is 1.81 bits per heavy atom. The van der Waals surface area contributed by atoms with Crippen molar-refractivity contribution in [1.29, 1.82) is 0 Å². The van der Waals surface area contributed by atoms with Crippen LogP contribution in [-0.4, -0.2) is 43.8 Å². The first-order valence-electron chi connectivity index (χ1n) is 8.34. The van der Waals surface area contributed by atoms with Gasteiger partial charge in [0.25, 0.3) is 0 Å². The second-order valence-corrected chi connectivity index (χ2v) is 5.44. The summed E-state index contributed by atoms with van der Waals surface area (Å²) in [7, 11) is 0. The average molecular weight is 362 g/mol. The minimum Gasteiger partial charge on any atom is -0.493 e. The van der Waals surface area contributed by atoms with E-state index in [1.165, 1.54) is 0 Å². The molecule has 0 unspecified atom stereocenters. The molecule has 2 rings (SSSR count). The number of rotatable bonds is 7. The number of hydrogen-bond donors (Lipinski definition) is 2. The van der Waals surface area contributed by atoms with Crippen molar-refractivity contribution < 1.29 is 28.6 Å². The van der Waals surface area contributed by atoms with Crippen LogP contribution in [0, 0.1) is 0 Å². The minimum atomic E-state index is -0.620. The molecule has 1 aliphatic heterocycles. The third-order valence-corrected chi connectivity index (χ3v) is 3.62. The van der Waals surface area contributed by atoms with Gasteiger partial charge in [-0.3, -0.25) is 0 Å². The van der Waals surface area contributed by atoms with E-state index in [2.05, 4.69) is 10.6 Å². The first-order valence-corrected chi connectivity index (χ1v) is 8.34. The molecule has 140 valence electrons. The fourth-order valence-corrected chi connectivity index (χ4v) is 2.53. The van der Waals surface area contributed by atoms with Gasteiger partial charge >= 0.3 is 18.0 Å². The van der Waals surface area contributed by atoms with Crippen LogP contribution in [0.5, 0.6) is 5.75 Å². The Labute approximate surface area is 151 Å². The highest BCUT2D eigenvalue weighted by Gasteiger charge is 2.30. The number of benzene rings is 1. The average Bonchev–Trinajstić information content (AvgIpc) is 2.60. The Morgan fingerprint density at radius 1 is 1.08 bits per heavy atom. The van der Waals surface area contributed by atoms with E-state index >= 15 is 0 Å². The predicted octanol–water partition coefficient (Wildman–Crippen LogP) is 1.76. The molecule has 0 bridgehead atoms. The van der Waals surface area contributed by atoms with Crippen molar-refractivity contribution >= 4 is 18.0 Å². The third kappa shape index (κ3) is 4.53. The molecule has 0 aromatic heterocycles. The van der Waals surface area contributed by atoms with Crippen LogP contribution < -0.4 is 15.4 Å². The molecule has 8 nitrogen and oxygen atoms in total. The third-order valence-electron chi connectivity index (χ3n) is 3.62. The summed E-state index contributed by atoms with van der Waals surface area (Å²) in [4.78, 5) is 36.2. The van der Waals surface area contributed by atoms with Crippen molar-refractivity contribution in [2.45, 2.75) is 26.8 Å². The molecule has 1 aliphatic rings. The molecule has 2 N–H and O–H groups in total. The van der Waals surface area contributed by atoms with Gasteiger partial charge in [0.15, 0.2) is 0 Å². The fraction of sp³-hybridized carbons (Fsp3) is 0.389. The topological polar surface area (TPSA) is 103 Å². The van der Waals surface area contributed by atoms with E-state index in [4.69, 9.17) is 14.2 Å². The molecule has 0 fully saturated rings. The number of hydrogen-bond acceptors (Lipinski definition) is 6. The number of esters is 2. The Kier molecular flexibility index (Phi) is 6.60. The van der Waals surface area contributed by atoms with E-state index in [1.807, 2.05) is 6.92 Å². The monoisotopic (exact) mass is 362 g/mol. The maximum Gasteiger partial charge on any atom is 0.342 e. The SMILES string of the molecule is CCOC(=O)C1=C(COC(=O)c2ccccc2OCC)NC(=O)N[C@H]1C. The van der Waals surface area contributed by atoms with Crippen molar-refractivity contribution in [3.05, 3.63) is 41.1 Å². The van der Waals surface area contributed by atoms with E-state index in [0.29, 0.717) is 12.4 Å². The zero-order chi connectivity index (χ0) is 19.1. The highest BCUT2D eigenvalue weighted by atomic mass is 16.5. The van der Waals surface area contributed by atoms with Gasteiger partial charge in [-0.15, -0.1) is 0 Å². The van der Waals surface area contributed by atoms with Crippen LogP contribution in [0.25, 0.3) is 0 Å². The number of para-hydroxylation sites is 1. The van der Waals surface area contributed by atoms with Crippen molar-refractivity contribution in [3.8, 4) is 5.75 Å². The van der Waals surface area contributed by atoms with Gasteiger partial charge in [-0.05, 0) is 32.9 Å². The molecule has 8 heteroatoms. The predicted molar refractivity (Wildman–Crippen MR) is 92.7 cm³/mol. The van der Waals surface area contributed by atoms with Crippen LogP contribution >= 0.6 is 0 Å². The molecule has 0 spiro atoms. The lowest BCUT2D eigenvalue weighted by atomic mass is 10.0. The molecule has 0 saturated heterocycles. The summed E-state index contributed by atoms with van der Waals surface area (Å²) in [5.74, 6) is -0.791. The van der Waals surface area contributed by atoms with Crippen molar-refractivity contribution in [2.75, 3.05) is 19.8 Å². The maximum atomic E-state index is 12.4. The molecule has 1 aromatic rings. The molecule has 0 radical (unpaired) electrons. The van der Waals surface area contributed by atoms with Gasteiger partial charge in [0.1, 0.15) is 17.9 Å². The summed E-state index contributed by atoms with van der Waals surface area (Å²) in [5, 5.41) is 5.08. The molecular formula is C18H22N2O6. The van der Waals surface area contributed by atoms with Crippen LogP contribution in [0.1, 0.15) is 31.1 Å². The number of carbonyl (C=O) groups excluding carboxylic acids is 3. The van der Waals surface area contributed by atoms with Gasteiger partial charge in [0.05, 0.1) is 30.5 Å². The standard InChI is InChI=1S/C18H22N2O6/c1-4-24-14-9-7-6-8-12(14)16(21)26-10-13-15(17(22)25-5-2)11(3)19-18(23)20-13/h6-9,11H,4-5,10H2,1-3H3,(H2,19,20,23)/t11-/m0/s1. The number of nitrogens with one attached hydrogen (secondary N) is 2. The Hall–Kier alpha value is -3.03. The molecular weight excluding hydrogens is 340 g/mol. The van der Waals surface area contributed by atoms with Gasteiger partial charge < -0.3 is 24.8 Å². The lowest BCUT2D eigenvalue weighted by Gasteiger charge is -2.26. The molecule has 1 heterocycles.